The van der Waals surface area contributed by atoms with E-state index in [2.05, 4.69) is 25.7 Å². The number of hydrogen-bond donors (Lipinski definition) is 0. The first kappa shape index (κ1) is 24.5. The second kappa shape index (κ2) is 9.80. The number of sulfone groups is 1. The van der Waals surface area contributed by atoms with Crippen molar-refractivity contribution in [3.8, 4) is 0 Å². The van der Waals surface area contributed by atoms with Gasteiger partial charge in [0, 0.05) is 32.2 Å². The molecular weight excluding hydrogens is 412 g/mol. The molecule has 3 rings (SSSR count). The van der Waals surface area contributed by atoms with E-state index in [-0.39, 0.29) is 35.2 Å². The van der Waals surface area contributed by atoms with Gasteiger partial charge in [-0.2, -0.15) is 0 Å². The van der Waals surface area contributed by atoms with Crippen molar-refractivity contribution in [2.45, 2.75) is 109 Å². The van der Waals surface area contributed by atoms with Crippen molar-refractivity contribution in [2.75, 3.05) is 12.8 Å². The van der Waals surface area contributed by atoms with Crippen LogP contribution >= 0.6 is 0 Å². The lowest BCUT2D eigenvalue weighted by molar-refractivity contribution is -0.155. The molecule has 2 aliphatic carbocycles. The SMILES string of the molecule is CC(=O)N1C2CCC(C3CCC(S(C)(=O)=O)CC3)CC2N(C(=O)CCC(C)C)C[C@@H]1C. The summed E-state index contributed by atoms with van der Waals surface area (Å²) >= 11 is 0. The maximum absolute atomic E-state index is 13.2. The molecule has 1 aliphatic heterocycles. The Morgan fingerprint density at radius 1 is 0.968 bits per heavy atom. The minimum absolute atomic E-state index is 0.0588. The predicted molar refractivity (Wildman–Crippen MR) is 123 cm³/mol. The maximum atomic E-state index is 13.2. The van der Waals surface area contributed by atoms with Gasteiger partial charge in [0.15, 0.2) is 0 Å². The molecular formula is C24H42N2O4S. The van der Waals surface area contributed by atoms with Crippen LogP contribution in [-0.2, 0) is 19.4 Å². The third-order valence-electron chi connectivity index (χ3n) is 8.13. The number of hydrogen-bond acceptors (Lipinski definition) is 4. The Morgan fingerprint density at radius 3 is 2.13 bits per heavy atom. The second-order valence-corrected chi connectivity index (χ2v) is 13.2. The standard InChI is InChI=1S/C24H42N2O4S/c1-16(2)6-13-24(28)25-15-17(3)26(18(4)27)22-12-9-20(14-23(22)25)19-7-10-21(11-8-19)31(5,29)30/h16-17,19-23H,6-15H2,1-5H3/t17-,19?,20?,21?,22?,23?/m0/s1. The fourth-order valence-electron chi connectivity index (χ4n) is 6.46. The highest BCUT2D eigenvalue weighted by Gasteiger charge is 2.47. The van der Waals surface area contributed by atoms with Gasteiger partial charge in [0.1, 0.15) is 9.84 Å². The van der Waals surface area contributed by atoms with Crippen LogP contribution in [0.15, 0.2) is 0 Å². The van der Waals surface area contributed by atoms with Crippen molar-refractivity contribution in [3.05, 3.63) is 0 Å². The fourth-order valence-corrected chi connectivity index (χ4v) is 7.59. The summed E-state index contributed by atoms with van der Waals surface area (Å²) in [5.41, 5.74) is 0. The summed E-state index contributed by atoms with van der Waals surface area (Å²) < 4.78 is 23.9. The molecule has 1 heterocycles. The van der Waals surface area contributed by atoms with Gasteiger partial charge in [0.2, 0.25) is 11.8 Å². The van der Waals surface area contributed by atoms with Gasteiger partial charge in [-0.3, -0.25) is 9.59 Å². The van der Waals surface area contributed by atoms with Crippen LogP contribution in [0.25, 0.3) is 0 Å². The summed E-state index contributed by atoms with van der Waals surface area (Å²) in [5.74, 6) is 1.91. The number of piperazine rings is 1. The van der Waals surface area contributed by atoms with Crippen LogP contribution in [0.3, 0.4) is 0 Å². The zero-order chi connectivity index (χ0) is 22.9. The molecule has 0 spiro atoms. The van der Waals surface area contributed by atoms with Gasteiger partial charge < -0.3 is 9.80 Å². The molecule has 0 N–H and O–H groups in total. The van der Waals surface area contributed by atoms with E-state index >= 15 is 0 Å². The van der Waals surface area contributed by atoms with Crippen molar-refractivity contribution < 1.29 is 18.0 Å². The van der Waals surface area contributed by atoms with E-state index in [9.17, 15) is 18.0 Å². The molecule has 0 bridgehead atoms. The molecule has 1 saturated heterocycles. The van der Waals surface area contributed by atoms with E-state index in [4.69, 9.17) is 0 Å². The Balaban J connectivity index is 1.73. The molecule has 6 nitrogen and oxygen atoms in total. The average Bonchev–Trinajstić information content (AvgIpc) is 2.70. The van der Waals surface area contributed by atoms with Crippen LogP contribution in [0.4, 0.5) is 0 Å². The summed E-state index contributed by atoms with van der Waals surface area (Å²) in [7, 11) is -2.95. The zero-order valence-electron chi connectivity index (χ0n) is 20.0. The number of amides is 2. The van der Waals surface area contributed by atoms with Gasteiger partial charge >= 0.3 is 0 Å². The number of fused-ring (bicyclic) bond motifs is 1. The Morgan fingerprint density at radius 2 is 1.58 bits per heavy atom. The Hall–Kier alpha value is -1.11. The highest BCUT2D eigenvalue weighted by Crippen LogP contribution is 2.43. The highest BCUT2D eigenvalue weighted by atomic mass is 32.2. The van der Waals surface area contributed by atoms with Crippen molar-refractivity contribution in [2.24, 2.45) is 17.8 Å². The van der Waals surface area contributed by atoms with Crippen LogP contribution in [0.1, 0.15) is 85.5 Å². The molecule has 0 aromatic heterocycles. The first-order valence-corrected chi connectivity index (χ1v) is 14.2. The van der Waals surface area contributed by atoms with Crippen LogP contribution < -0.4 is 0 Å². The Bertz CT molecular complexity index is 758. The molecule has 0 aromatic carbocycles. The quantitative estimate of drug-likeness (QED) is 0.636. The van der Waals surface area contributed by atoms with Crippen molar-refractivity contribution in [1.82, 2.24) is 9.80 Å². The molecule has 3 fully saturated rings. The van der Waals surface area contributed by atoms with Crippen LogP contribution in [-0.4, -0.2) is 66.2 Å². The van der Waals surface area contributed by atoms with E-state index in [0.717, 1.165) is 51.4 Å². The molecule has 31 heavy (non-hydrogen) atoms. The van der Waals surface area contributed by atoms with Crippen molar-refractivity contribution in [1.29, 1.82) is 0 Å². The topological polar surface area (TPSA) is 74.8 Å². The van der Waals surface area contributed by atoms with Crippen LogP contribution in [0.5, 0.6) is 0 Å². The third-order valence-corrected chi connectivity index (χ3v) is 9.81. The van der Waals surface area contributed by atoms with Crippen LogP contribution in [0.2, 0.25) is 0 Å². The van der Waals surface area contributed by atoms with Crippen molar-refractivity contribution in [3.63, 3.8) is 0 Å². The lowest BCUT2D eigenvalue weighted by Crippen LogP contribution is -2.67. The third kappa shape index (κ3) is 5.63. The molecule has 2 saturated carbocycles. The molecule has 3 unspecified atom stereocenters. The average molecular weight is 455 g/mol. The van der Waals surface area contributed by atoms with Crippen LogP contribution in [0, 0.1) is 17.8 Å². The Kier molecular flexibility index (Phi) is 7.75. The van der Waals surface area contributed by atoms with E-state index in [0.29, 0.717) is 30.7 Å². The lowest BCUT2D eigenvalue weighted by atomic mass is 9.69. The van der Waals surface area contributed by atoms with Gasteiger partial charge in [-0.1, -0.05) is 13.8 Å². The molecule has 0 aromatic rings. The molecule has 7 heteroatoms. The number of carbonyl (C=O) groups excluding carboxylic acids is 2. The van der Waals surface area contributed by atoms with E-state index < -0.39 is 9.84 Å². The zero-order valence-corrected chi connectivity index (χ0v) is 20.9. The smallest absolute Gasteiger partial charge is 0.222 e. The number of carbonyl (C=O) groups is 2. The van der Waals surface area contributed by atoms with E-state index in [1.165, 1.54) is 6.26 Å². The summed E-state index contributed by atoms with van der Waals surface area (Å²) in [6.45, 7) is 8.65. The largest absolute Gasteiger partial charge is 0.336 e. The summed E-state index contributed by atoms with van der Waals surface area (Å²) in [6, 6.07) is 0.280. The Labute approximate surface area is 189 Å². The molecule has 0 radical (unpaired) electrons. The normalized spacial score (nSPS) is 34.5. The minimum atomic E-state index is -2.95. The number of nitrogens with zero attached hydrogens (tertiary/aromatic N) is 2. The minimum Gasteiger partial charge on any atom is -0.336 e. The van der Waals surface area contributed by atoms with E-state index in [1.807, 2.05) is 4.90 Å². The van der Waals surface area contributed by atoms with Gasteiger partial charge in [0.05, 0.1) is 17.3 Å². The number of rotatable bonds is 5. The lowest BCUT2D eigenvalue weighted by Gasteiger charge is -2.55. The van der Waals surface area contributed by atoms with Gasteiger partial charge in [0.25, 0.3) is 0 Å². The molecule has 3 aliphatic rings. The monoisotopic (exact) mass is 454 g/mol. The molecule has 4 atom stereocenters. The van der Waals surface area contributed by atoms with E-state index in [1.54, 1.807) is 6.92 Å². The second-order valence-electron chi connectivity index (χ2n) is 10.8. The van der Waals surface area contributed by atoms with Gasteiger partial charge in [-0.05, 0) is 76.0 Å². The summed E-state index contributed by atoms with van der Waals surface area (Å²) in [6.07, 6.45) is 9.27. The first-order valence-electron chi connectivity index (χ1n) is 12.3. The summed E-state index contributed by atoms with van der Waals surface area (Å²) in [5, 5.41) is -0.182. The summed E-state index contributed by atoms with van der Waals surface area (Å²) in [4.78, 5) is 29.7. The highest BCUT2D eigenvalue weighted by molar-refractivity contribution is 7.91. The molecule has 2 amide bonds. The fraction of sp³-hybridized carbons (Fsp3) is 0.917. The van der Waals surface area contributed by atoms with Gasteiger partial charge in [-0.25, -0.2) is 8.42 Å². The van der Waals surface area contributed by atoms with Gasteiger partial charge in [-0.15, -0.1) is 0 Å². The van der Waals surface area contributed by atoms with Crippen molar-refractivity contribution >= 4 is 21.7 Å². The first-order chi connectivity index (χ1) is 14.5. The maximum Gasteiger partial charge on any atom is 0.222 e. The molecule has 178 valence electrons. The predicted octanol–water partition coefficient (Wildman–Crippen LogP) is 3.64.